The molecule has 1 saturated heterocycles. The minimum atomic E-state index is -0.428. The van der Waals surface area contributed by atoms with Crippen molar-refractivity contribution in [2.45, 2.75) is 39.7 Å². The van der Waals surface area contributed by atoms with Crippen LogP contribution in [0.2, 0.25) is 0 Å². The molecule has 2 aromatic carbocycles. The minimum absolute atomic E-state index is 0.0403. The zero-order chi connectivity index (χ0) is 24.5. The van der Waals surface area contributed by atoms with Crippen molar-refractivity contribution in [2.24, 2.45) is 11.8 Å². The molecule has 0 saturated carbocycles. The lowest BCUT2D eigenvalue weighted by molar-refractivity contribution is -0.123. The van der Waals surface area contributed by atoms with Crippen molar-refractivity contribution < 1.29 is 23.5 Å². The first-order valence-corrected chi connectivity index (χ1v) is 11.7. The van der Waals surface area contributed by atoms with E-state index in [1.54, 1.807) is 48.2 Å². The van der Waals surface area contributed by atoms with Crippen LogP contribution >= 0.6 is 0 Å². The Kier molecular flexibility index (Phi) is 9.01. The van der Waals surface area contributed by atoms with Crippen molar-refractivity contribution in [2.75, 3.05) is 25.0 Å². The molecule has 3 amide bonds. The third-order valence-corrected chi connectivity index (χ3v) is 6.18. The van der Waals surface area contributed by atoms with Gasteiger partial charge in [0.2, 0.25) is 5.91 Å². The Morgan fingerprint density at radius 1 is 1.09 bits per heavy atom. The lowest BCUT2D eigenvalue weighted by Gasteiger charge is -2.38. The number of hydrogen-bond donors (Lipinski definition) is 2. The van der Waals surface area contributed by atoms with Crippen molar-refractivity contribution in [3.05, 3.63) is 65.5 Å². The van der Waals surface area contributed by atoms with Gasteiger partial charge in [0.05, 0.1) is 12.2 Å². The number of likely N-dealkylation sites (tertiary alicyclic amines) is 1. The molecule has 2 aromatic rings. The number of urea groups is 1. The number of carbonyl (C=O) groups is 3. The molecular formula is C26H32FN3O4. The summed E-state index contributed by atoms with van der Waals surface area (Å²) in [5.41, 5.74) is 1.77. The van der Waals surface area contributed by atoms with Crippen LogP contribution in [0.5, 0.6) is 0 Å². The molecular weight excluding hydrogens is 437 g/mol. The molecule has 34 heavy (non-hydrogen) atoms. The molecule has 2 atom stereocenters. The number of piperidine rings is 1. The van der Waals surface area contributed by atoms with Gasteiger partial charge in [-0.1, -0.05) is 31.5 Å². The average molecular weight is 470 g/mol. The van der Waals surface area contributed by atoms with E-state index in [0.717, 1.165) is 18.4 Å². The molecule has 2 N–H and O–H groups in total. The van der Waals surface area contributed by atoms with Crippen LogP contribution in [0.3, 0.4) is 0 Å². The van der Waals surface area contributed by atoms with Crippen LogP contribution < -0.4 is 10.6 Å². The Hall–Kier alpha value is -3.42. The summed E-state index contributed by atoms with van der Waals surface area (Å²) in [5.74, 6) is -0.371. The van der Waals surface area contributed by atoms with Crippen LogP contribution in [0, 0.1) is 17.7 Å². The molecule has 0 bridgehead atoms. The third-order valence-electron chi connectivity index (χ3n) is 6.18. The van der Waals surface area contributed by atoms with Gasteiger partial charge < -0.3 is 20.3 Å². The highest BCUT2D eigenvalue weighted by molar-refractivity contribution is 5.94. The number of ether oxygens (including phenoxy) is 1. The molecule has 182 valence electrons. The zero-order valence-corrected chi connectivity index (χ0v) is 19.7. The van der Waals surface area contributed by atoms with Crippen molar-refractivity contribution in [3.8, 4) is 0 Å². The van der Waals surface area contributed by atoms with Gasteiger partial charge in [-0.3, -0.25) is 4.79 Å². The second-order valence-corrected chi connectivity index (χ2v) is 8.50. The van der Waals surface area contributed by atoms with E-state index < -0.39 is 5.97 Å². The number of halogens is 1. The molecule has 1 heterocycles. The highest BCUT2D eigenvalue weighted by Gasteiger charge is 2.31. The van der Waals surface area contributed by atoms with Gasteiger partial charge in [0.25, 0.3) is 0 Å². The highest BCUT2D eigenvalue weighted by Crippen LogP contribution is 2.29. The van der Waals surface area contributed by atoms with Crippen molar-refractivity contribution >= 4 is 23.6 Å². The Morgan fingerprint density at radius 3 is 2.56 bits per heavy atom. The number of anilines is 1. The Bertz CT molecular complexity index is 996. The molecule has 1 fully saturated rings. The fraction of sp³-hybridized carbons (Fsp3) is 0.423. The predicted octanol–water partition coefficient (Wildman–Crippen LogP) is 4.59. The fourth-order valence-corrected chi connectivity index (χ4v) is 4.25. The van der Waals surface area contributed by atoms with Crippen LogP contribution in [0.4, 0.5) is 14.9 Å². The van der Waals surface area contributed by atoms with Gasteiger partial charge in [0.15, 0.2) is 0 Å². The number of hydrogen-bond acceptors (Lipinski definition) is 4. The number of nitrogens with one attached hydrogen (secondary N) is 2. The molecule has 0 aromatic heterocycles. The summed E-state index contributed by atoms with van der Waals surface area (Å²) in [4.78, 5) is 39.0. The molecule has 8 heteroatoms. The van der Waals surface area contributed by atoms with E-state index in [4.69, 9.17) is 4.74 Å². The predicted molar refractivity (Wildman–Crippen MR) is 128 cm³/mol. The number of rotatable bonds is 8. The number of carbonyl (C=O) groups excluding carboxylic acids is 3. The van der Waals surface area contributed by atoms with E-state index in [-0.39, 0.29) is 36.2 Å². The van der Waals surface area contributed by atoms with Crippen LogP contribution in [0.25, 0.3) is 0 Å². The smallest absolute Gasteiger partial charge is 0.338 e. The van der Waals surface area contributed by atoms with Gasteiger partial charge in [0.1, 0.15) is 5.82 Å². The van der Waals surface area contributed by atoms with Gasteiger partial charge in [-0.15, -0.1) is 0 Å². The molecule has 1 aliphatic rings. The van der Waals surface area contributed by atoms with Crippen molar-refractivity contribution in [1.82, 2.24) is 10.2 Å². The van der Waals surface area contributed by atoms with Crippen molar-refractivity contribution in [3.63, 3.8) is 0 Å². The number of amides is 3. The average Bonchev–Trinajstić information content (AvgIpc) is 2.84. The second-order valence-electron chi connectivity index (χ2n) is 8.50. The molecule has 0 aliphatic carbocycles. The third kappa shape index (κ3) is 7.04. The second kappa shape index (κ2) is 12.2. The van der Waals surface area contributed by atoms with E-state index in [2.05, 4.69) is 17.6 Å². The van der Waals surface area contributed by atoms with E-state index in [1.807, 2.05) is 0 Å². The van der Waals surface area contributed by atoms with Crippen molar-refractivity contribution in [1.29, 1.82) is 0 Å². The molecule has 0 unspecified atom stereocenters. The van der Waals surface area contributed by atoms with E-state index >= 15 is 0 Å². The monoisotopic (exact) mass is 469 g/mol. The summed E-state index contributed by atoms with van der Waals surface area (Å²) in [6.45, 7) is 5.57. The standard InChI is InChI=1S/C26H32FN3O4/c1-3-19-17-30(26(33)29-23-7-5-6-21(14-23)25(32)34-4-2)13-12-20(19)15-24(31)28-16-18-8-10-22(27)11-9-18/h5-11,14,19-20H,3-4,12-13,15-17H2,1-2H3,(H,28,31)(H,29,33)/t19-,20+/m1/s1. The summed E-state index contributed by atoms with van der Waals surface area (Å²) in [6, 6.07) is 12.5. The first-order chi connectivity index (χ1) is 16.4. The summed E-state index contributed by atoms with van der Waals surface area (Å²) in [6.07, 6.45) is 1.99. The minimum Gasteiger partial charge on any atom is -0.462 e. The van der Waals surface area contributed by atoms with E-state index in [0.29, 0.717) is 37.3 Å². The van der Waals surface area contributed by atoms with Gasteiger partial charge in [-0.25, -0.2) is 14.0 Å². The largest absolute Gasteiger partial charge is 0.462 e. The van der Waals surface area contributed by atoms with Crippen LogP contribution in [0.1, 0.15) is 49.0 Å². The number of nitrogens with zero attached hydrogens (tertiary/aromatic N) is 1. The maximum absolute atomic E-state index is 13.0. The maximum Gasteiger partial charge on any atom is 0.338 e. The lowest BCUT2D eigenvalue weighted by Crippen LogP contribution is -2.46. The zero-order valence-electron chi connectivity index (χ0n) is 19.7. The topological polar surface area (TPSA) is 87.7 Å². The summed E-state index contributed by atoms with van der Waals surface area (Å²) in [5, 5.41) is 5.77. The SMILES string of the molecule is CCOC(=O)c1cccc(NC(=O)N2CC[C@@H](CC(=O)NCc3ccc(F)cc3)[C@H](CC)C2)c1. The van der Waals surface area contributed by atoms with Gasteiger partial charge >= 0.3 is 12.0 Å². The summed E-state index contributed by atoms with van der Waals surface area (Å²) in [7, 11) is 0. The van der Waals surface area contributed by atoms with E-state index in [9.17, 15) is 18.8 Å². The Labute approximate surface area is 199 Å². The quantitative estimate of drug-likeness (QED) is 0.554. The van der Waals surface area contributed by atoms with Gasteiger partial charge in [-0.2, -0.15) is 0 Å². The lowest BCUT2D eigenvalue weighted by atomic mass is 9.81. The highest BCUT2D eigenvalue weighted by atomic mass is 19.1. The van der Waals surface area contributed by atoms with Gasteiger partial charge in [0, 0.05) is 31.7 Å². The van der Waals surface area contributed by atoms with Crippen LogP contribution in [0.15, 0.2) is 48.5 Å². The first kappa shape index (κ1) is 25.2. The van der Waals surface area contributed by atoms with Crippen LogP contribution in [-0.2, 0) is 16.1 Å². The summed E-state index contributed by atoms with van der Waals surface area (Å²) >= 11 is 0. The molecule has 3 rings (SSSR count). The Morgan fingerprint density at radius 2 is 1.85 bits per heavy atom. The number of benzene rings is 2. The first-order valence-electron chi connectivity index (χ1n) is 11.7. The molecule has 0 spiro atoms. The molecule has 7 nitrogen and oxygen atoms in total. The molecule has 1 aliphatic heterocycles. The normalized spacial score (nSPS) is 17.7. The Balaban J connectivity index is 1.50. The van der Waals surface area contributed by atoms with Crippen LogP contribution in [-0.4, -0.2) is 42.5 Å². The maximum atomic E-state index is 13.0. The van der Waals surface area contributed by atoms with Gasteiger partial charge in [-0.05, 0) is 61.1 Å². The fourth-order valence-electron chi connectivity index (χ4n) is 4.25. The molecule has 0 radical (unpaired) electrons. The van der Waals surface area contributed by atoms with E-state index in [1.165, 1.54) is 12.1 Å². The summed E-state index contributed by atoms with van der Waals surface area (Å²) < 4.78 is 18.0. The number of esters is 1.